The van der Waals surface area contributed by atoms with Crippen molar-refractivity contribution in [3.8, 4) is 0 Å². The predicted molar refractivity (Wildman–Crippen MR) is 56.6 cm³/mol. The Kier molecular flexibility index (Phi) is 2.73. The predicted octanol–water partition coefficient (Wildman–Crippen LogP) is 1.11. The summed E-state index contributed by atoms with van der Waals surface area (Å²) in [6.45, 7) is 2.62. The number of nitrogens with zero attached hydrogens (tertiary/aromatic N) is 5. The Bertz CT molecular complexity index is 459. The molecule has 0 aliphatic heterocycles. The van der Waals surface area contributed by atoms with Crippen LogP contribution in [-0.4, -0.2) is 24.5 Å². The van der Waals surface area contributed by atoms with Crippen molar-refractivity contribution in [2.45, 2.75) is 19.3 Å². The molecule has 5 nitrogen and oxygen atoms in total. The molecule has 0 aromatic carbocycles. The summed E-state index contributed by atoms with van der Waals surface area (Å²) in [7, 11) is 1.92. The Morgan fingerprint density at radius 3 is 2.87 bits per heavy atom. The first-order chi connectivity index (χ1) is 7.20. The van der Waals surface area contributed by atoms with Crippen LogP contribution >= 0.6 is 11.6 Å². The summed E-state index contributed by atoms with van der Waals surface area (Å²) in [5, 5.41) is 8.38. The Hall–Kier alpha value is -1.36. The molecule has 0 fully saturated rings. The zero-order valence-corrected chi connectivity index (χ0v) is 9.44. The van der Waals surface area contributed by atoms with E-state index >= 15 is 0 Å². The first kappa shape index (κ1) is 10.2. The van der Waals surface area contributed by atoms with E-state index in [2.05, 4.69) is 15.2 Å². The van der Waals surface area contributed by atoms with Crippen molar-refractivity contribution in [3.05, 3.63) is 29.6 Å². The second-order valence-electron chi connectivity index (χ2n) is 3.37. The van der Waals surface area contributed by atoms with Crippen LogP contribution in [0.4, 0.5) is 0 Å². The van der Waals surface area contributed by atoms with Gasteiger partial charge in [0.2, 0.25) is 0 Å². The highest BCUT2D eigenvalue weighted by molar-refractivity contribution is 6.16. The summed E-state index contributed by atoms with van der Waals surface area (Å²) in [6, 6.07) is 2.03. The van der Waals surface area contributed by atoms with E-state index in [0.29, 0.717) is 12.4 Å². The second kappa shape index (κ2) is 4.02. The molecule has 2 aromatic rings. The van der Waals surface area contributed by atoms with Crippen LogP contribution < -0.4 is 0 Å². The van der Waals surface area contributed by atoms with Crippen LogP contribution in [0.25, 0.3) is 0 Å². The summed E-state index contributed by atoms with van der Waals surface area (Å²) in [5.41, 5.74) is 2.09. The molecule has 0 aliphatic carbocycles. The molecule has 0 saturated carbocycles. The summed E-state index contributed by atoms with van der Waals surface area (Å²) >= 11 is 5.74. The zero-order chi connectivity index (χ0) is 10.8. The number of aryl methyl sites for hydroxylation is 2. The van der Waals surface area contributed by atoms with Gasteiger partial charge >= 0.3 is 0 Å². The fraction of sp³-hybridized carbons (Fsp3) is 0.444. The third-order valence-corrected chi connectivity index (χ3v) is 2.46. The van der Waals surface area contributed by atoms with E-state index in [1.54, 1.807) is 4.68 Å². The third-order valence-electron chi connectivity index (χ3n) is 2.23. The van der Waals surface area contributed by atoms with Gasteiger partial charge in [0.05, 0.1) is 23.8 Å². The molecule has 2 aromatic heterocycles. The normalized spacial score (nSPS) is 10.9. The summed E-state index contributed by atoms with van der Waals surface area (Å²) in [4.78, 5) is 4.06. The van der Waals surface area contributed by atoms with Crippen molar-refractivity contribution >= 4 is 11.6 Å². The lowest BCUT2D eigenvalue weighted by atomic mass is 10.3. The first-order valence-corrected chi connectivity index (χ1v) is 5.16. The van der Waals surface area contributed by atoms with Gasteiger partial charge in [-0.25, -0.2) is 9.67 Å². The molecule has 0 N–H and O–H groups in total. The molecule has 2 heterocycles. The van der Waals surface area contributed by atoms with Crippen molar-refractivity contribution in [2.24, 2.45) is 7.05 Å². The molecule has 0 bridgehead atoms. The molecule has 0 amide bonds. The zero-order valence-electron chi connectivity index (χ0n) is 8.68. The quantitative estimate of drug-likeness (QED) is 0.736. The summed E-state index contributed by atoms with van der Waals surface area (Å²) in [5.74, 6) is 1.15. The highest BCUT2D eigenvalue weighted by Crippen LogP contribution is 2.06. The number of aromatic nitrogens is 5. The van der Waals surface area contributed by atoms with Gasteiger partial charge in [0, 0.05) is 7.05 Å². The fourth-order valence-corrected chi connectivity index (χ4v) is 1.70. The maximum Gasteiger partial charge on any atom is 0.142 e. The number of hydrogen-bond acceptors (Lipinski definition) is 3. The lowest BCUT2D eigenvalue weighted by Gasteiger charge is -2.03. The monoisotopic (exact) mass is 225 g/mol. The van der Waals surface area contributed by atoms with Crippen molar-refractivity contribution in [1.29, 1.82) is 0 Å². The van der Waals surface area contributed by atoms with Crippen LogP contribution in [0.2, 0.25) is 0 Å². The minimum atomic E-state index is 0.372. The molecule has 80 valence electrons. The molecule has 0 spiro atoms. The number of rotatable bonds is 3. The molecule has 0 atom stereocenters. The van der Waals surface area contributed by atoms with E-state index in [1.807, 2.05) is 24.7 Å². The Balaban J connectivity index is 2.25. The molecular weight excluding hydrogens is 214 g/mol. The number of hydrogen-bond donors (Lipinski definition) is 0. The van der Waals surface area contributed by atoms with Crippen LogP contribution in [0.15, 0.2) is 12.4 Å². The Labute approximate surface area is 92.7 Å². The van der Waals surface area contributed by atoms with Gasteiger partial charge in [-0.3, -0.25) is 4.68 Å². The van der Waals surface area contributed by atoms with E-state index in [4.69, 9.17) is 11.6 Å². The van der Waals surface area contributed by atoms with Crippen LogP contribution in [0.3, 0.4) is 0 Å². The SMILES string of the molecule is Cc1cc(Cn2ncnc2CCl)n(C)n1. The average molecular weight is 226 g/mol. The van der Waals surface area contributed by atoms with E-state index in [1.165, 1.54) is 6.33 Å². The highest BCUT2D eigenvalue weighted by atomic mass is 35.5. The van der Waals surface area contributed by atoms with Crippen molar-refractivity contribution in [3.63, 3.8) is 0 Å². The molecule has 6 heteroatoms. The molecule has 15 heavy (non-hydrogen) atoms. The van der Waals surface area contributed by atoms with Gasteiger partial charge in [0.15, 0.2) is 0 Å². The maximum absolute atomic E-state index is 5.74. The van der Waals surface area contributed by atoms with Gasteiger partial charge in [-0.15, -0.1) is 11.6 Å². The van der Waals surface area contributed by atoms with Gasteiger partial charge in [-0.1, -0.05) is 0 Å². The van der Waals surface area contributed by atoms with Gasteiger partial charge in [0.25, 0.3) is 0 Å². The Morgan fingerprint density at radius 2 is 2.27 bits per heavy atom. The third kappa shape index (κ3) is 2.02. The van der Waals surface area contributed by atoms with Crippen LogP contribution in [0.5, 0.6) is 0 Å². The Morgan fingerprint density at radius 1 is 1.47 bits per heavy atom. The first-order valence-electron chi connectivity index (χ1n) is 4.63. The highest BCUT2D eigenvalue weighted by Gasteiger charge is 2.07. The van der Waals surface area contributed by atoms with E-state index < -0.39 is 0 Å². The van der Waals surface area contributed by atoms with Crippen LogP contribution in [0, 0.1) is 6.92 Å². The molecule has 2 rings (SSSR count). The maximum atomic E-state index is 5.74. The minimum absolute atomic E-state index is 0.372. The lowest BCUT2D eigenvalue weighted by molar-refractivity contribution is 0.602. The fourth-order valence-electron chi connectivity index (χ4n) is 1.49. The molecule has 0 radical (unpaired) electrons. The second-order valence-corrected chi connectivity index (χ2v) is 3.64. The lowest BCUT2D eigenvalue weighted by Crippen LogP contribution is -2.09. The van der Waals surface area contributed by atoms with Gasteiger partial charge in [0.1, 0.15) is 12.2 Å². The largest absolute Gasteiger partial charge is 0.270 e. The molecule has 0 saturated heterocycles. The molecule has 0 aliphatic rings. The number of halogens is 1. The van der Waals surface area contributed by atoms with Crippen LogP contribution in [0.1, 0.15) is 17.2 Å². The standard InChI is InChI=1S/C9H12ClN5/c1-7-3-8(14(2)13-7)5-15-9(4-10)11-6-12-15/h3,6H,4-5H2,1-2H3. The summed E-state index contributed by atoms with van der Waals surface area (Å²) < 4.78 is 3.62. The van der Waals surface area contributed by atoms with E-state index in [9.17, 15) is 0 Å². The topological polar surface area (TPSA) is 48.5 Å². The smallest absolute Gasteiger partial charge is 0.142 e. The van der Waals surface area contributed by atoms with Crippen molar-refractivity contribution < 1.29 is 0 Å². The average Bonchev–Trinajstić information content (AvgIpc) is 2.74. The summed E-state index contributed by atoms with van der Waals surface area (Å²) in [6.07, 6.45) is 1.51. The van der Waals surface area contributed by atoms with Gasteiger partial charge in [-0.05, 0) is 13.0 Å². The van der Waals surface area contributed by atoms with Gasteiger partial charge in [-0.2, -0.15) is 10.2 Å². The van der Waals surface area contributed by atoms with Crippen LogP contribution in [-0.2, 0) is 19.5 Å². The molecular formula is C9H12ClN5. The van der Waals surface area contributed by atoms with E-state index in [-0.39, 0.29) is 0 Å². The van der Waals surface area contributed by atoms with Crippen molar-refractivity contribution in [2.75, 3.05) is 0 Å². The number of alkyl halides is 1. The van der Waals surface area contributed by atoms with Crippen molar-refractivity contribution in [1.82, 2.24) is 24.5 Å². The van der Waals surface area contributed by atoms with E-state index in [0.717, 1.165) is 17.2 Å². The van der Waals surface area contributed by atoms with Gasteiger partial charge < -0.3 is 0 Å². The molecule has 0 unspecified atom stereocenters. The minimum Gasteiger partial charge on any atom is -0.270 e.